The molecule has 1 aliphatic heterocycles. The summed E-state index contributed by atoms with van der Waals surface area (Å²) in [5, 5.41) is 0. The Morgan fingerprint density at radius 2 is 1.77 bits per heavy atom. The summed E-state index contributed by atoms with van der Waals surface area (Å²) in [6.45, 7) is 7.95. The minimum Gasteiger partial charge on any atom is -0.465 e. The van der Waals surface area contributed by atoms with Gasteiger partial charge in [0.1, 0.15) is 0 Å². The van der Waals surface area contributed by atoms with Gasteiger partial charge in [-0.1, -0.05) is 25.1 Å². The van der Waals surface area contributed by atoms with Crippen LogP contribution in [0.2, 0.25) is 0 Å². The Hall–Kier alpha value is -2.38. The van der Waals surface area contributed by atoms with Gasteiger partial charge in [0.15, 0.2) is 0 Å². The van der Waals surface area contributed by atoms with Gasteiger partial charge >= 0.3 is 5.97 Å². The van der Waals surface area contributed by atoms with Gasteiger partial charge < -0.3 is 9.64 Å². The first-order chi connectivity index (χ1) is 14.2. The highest BCUT2D eigenvalue weighted by molar-refractivity contribution is 7.89. The Morgan fingerprint density at radius 1 is 1.13 bits per heavy atom. The van der Waals surface area contributed by atoms with E-state index in [0.29, 0.717) is 5.56 Å². The average molecular weight is 431 g/mol. The number of anilines is 1. The van der Waals surface area contributed by atoms with Crippen LogP contribution in [0.4, 0.5) is 5.69 Å². The number of benzene rings is 2. The predicted octanol–water partition coefficient (Wildman–Crippen LogP) is 4.06. The molecule has 2 aromatic carbocycles. The minimum atomic E-state index is -3.79. The summed E-state index contributed by atoms with van der Waals surface area (Å²) in [6, 6.07) is 12.1. The number of sulfonamides is 1. The first-order valence-electron chi connectivity index (χ1n) is 10.3. The summed E-state index contributed by atoms with van der Waals surface area (Å²) in [7, 11) is -2.52. The van der Waals surface area contributed by atoms with Gasteiger partial charge in [-0.05, 0) is 68.0 Å². The number of carbonyl (C=O) groups excluding carboxylic acids is 1. The minimum absolute atomic E-state index is 0.0411. The van der Waals surface area contributed by atoms with Crippen LogP contribution in [0.3, 0.4) is 0 Å². The zero-order chi connectivity index (χ0) is 21.9. The third kappa shape index (κ3) is 5.02. The van der Waals surface area contributed by atoms with Crippen LogP contribution in [0, 0.1) is 12.8 Å². The van der Waals surface area contributed by atoms with Crippen LogP contribution >= 0.6 is 0 Å². The van der Waals surface area contributed by atoms with Gasteiger partial charge in [0.2, 0.25) is 10.0 Å². The largest absolute Gasteiger partial charge is 0.465 e. The molecule has 7 heteroatoms. The van der Waals surface area contributed by atoms with Crippen molar-refractivity contribution in [2.45, 2.75) is 44.6 Å². The van der Waals surface area contributed by atoms with Crippen molar-refractivity contribution >= 4 is 21.7 Å². The number of aryl methyl sites for hydroxylation is 1. The monoisotopic (exact) mass is 430 g/mol. The lowest BCUT2D eigenvalue weighted by Gasteiger charge is -2.32. The Labute approximate surface area is 179 Å². The molecule has 0 amide bonds. The molecule has 1 atom stereocenters. The van der Waals surface area contributed by atoms with E-state index in [0.717, 1.165) is 24.6 Å². The van der Waals surface area contributed by atoms with E-state index in [1.54, 1.807) is 13.0 Å². The fourth-order valence-corrected chi connectivity index (χ4v) is 4.97. The van der Waals surface area contributed by atoms with Crippen molar-refractivity contribution in [3.63, 3.8) is 0 Å². The van der Waals surface area contributed by atoms with Gasteiger partial charge in [0, 0.05) is 24.8 Å². The molecule has 1 aliphatic rings. The maximum absolute atomic E-state index is 12.9. The Balaban J connectivity index is 1.73. The van der Waals surface area contributed by atoms with Crippen LogP contribution in [0.25, 0.3) is 0 Å². The van der Waals surface area contributed by atoms with Crippen molar-refractivity contribution in [3.8, 4) is 0 Å². The van der Waals surface area contributed by atoms with Crippen molar-refractivity contribution in [1.29, 1.82) is 0 Å². The van der Waals surface area contributed by atoms with Crippen LogP contribution in [0.15, 0.2) is 47.4 Å². The molecule has 162 valence electrons. The van der Waals surface area contributed by atoms with Crippen LogP contribution in [0.5, 0.6) is 0 Å². The van der Waals surface area contributed by atoms with E-state index >= 15 is 0 Å². The maximum Gasteiger partial charge on any atom is 0.338 e. The zero-order valence-electron chi connectivity index (χ0n) is 18.0. The molecule has 0 aromatic heterocycles. The molecule has 1 heterocycles. The number of nitrogens with one attached hydrogen (secondary N) is 1. The summed E-state index contributed by atoms with van der Waals surface area (Å²) in [5.41, 5.74) is 2.96. The van der Waals surface area contributed by atoms with Crippen molar-refractivity contribution in [3.05, 3.63) is 59.2 Å². The molecule has 30 heavy (non-hydrogen) atoms. The number of hydrogen-bond acceptors (Lipinski definition) is 5. The van der Waals surface area contributed by atoms with E-state index in [-0.39, 0.29) is 10.5 Å². The molecule has 1 fully saturated rings. The number of hydrogen-bond donors (Lipinski definition) is 1. The number of rotatable bonds is 6. The van der Waals surface area contributed by atoms with Crippen molar-refractivity contribution < 1.29 is 17.9 Å². The molecular formula is C23H30N2O4S. The SMILES string of the molecule is COC(=O)c1cc(S(=O)(=O)NC(C)c2ccc(N3CCC(C)CC3)cc2)ccc1C. The number of ether oxygens (including phenoxy) is 1. The third-order valence-corrected chi connectivity index (χ3v) is 7.34. The molecule has 0 radical (unpaired) electrons. The second-order valence-corrected chi connectivity index (χ2v) is 9.79. The van der Waals surface area contributed by atoms with Crippen molar-refractivity contribution in [2.75, 3.05) is 25.1 Å². The normalized spacial score (nSPS) is 16.3. The van der Waals surface area contributed by atoms with Gasteiger partial charge in [0.05, 0.1) is 17.6 Å². The maximum atomic E-state index is 12.9. The average Bonchev–Trinajstić information content (AvgIpc) is 2.73. The Morgan fingerprint density at radius 3 is 2.37 bits per heavy atom. The van der Waals surface area contributed by atoms with Gasteiger partial charge in [-0.3, -0.25) is 0 Å². The smallest absolute Gasteiger partial charge is 0.338 e. The first kappa shape index (κ1) is 22.3. The lowest BCUT2D eigenvalue weighted by Crippen LogP contribution is -2.32. The summed E-state index contributed by atoms with van der Waals surface area (Å²) < 4.78 is 33.2. The van der Waals surface area contributed by atoms with Crippen molar-refractivity contribution in [1.82, 2.24) is 4.72 Å². The fourth-order valence-electron chi connectivity index (χ4n) is 3.71. The summed E-state index contributed by atoms with van der Waals surface area (Å²) in [6.07, 6.45) is 2.39. The second-order valence-electron chi connectivity index (χ2n) is 8.07. The van der Waals surface area contributed by atoms with Crippen LogP contribution < -0.4 is 9.62 Å². The van der Waals surface area contributed by atoms with E-state index in [4.69, 9.17) is 4.74 Å². The molecule has 1 N–H and O–H groups in total. The third-order valence-electron chi connectivity index (χ3n) is 5.80. The quantitative estimate of drug-likeness (QED) is 0.700. The number of methoxy groups -OCH3 is 1. The molecule has 0 bridgehead atoms. The Kier molecular flexibility index (Phi) is 6.83. The van der Waals surface area contributed by atoms with E-state index in [9.17, 15) is 13.2 Å². The molecular weight excluding hydrogens is 400 g/mol. The molecule has 6 nitrogen and oxygen atoms in total. The van der Waals surface area contributed by atoms with E-state index in [1.807, 2.05) is 19.1 Å². The summed E-state index contributed by atoms with van der Waals surface area (Å²) in [4.78, 5) is 14.3. The topological polar surface area (TPSA) is 75.7 Å². The molecule has 0 saturated carbocycles. The van der Waals surface area contributed by atoms with Crippen molar-refractivity contribution in [2.24, 2.45) is 5.92 Å². The predicted molar refractivity (Wildman–Crippen MR) is 118 cm³/mol. The van der Waals surface area contributed by atoms with E-state index in [1.165, 1.54) is 37.8 Å². The van der Waals surface area contributed by atoms with E-state index in [2.05, 4.69) is 28.7 Å². The van der Waals surface area contributed by atoms with Gasteiger partial charge in [-0.15, -0.1) is 0 Å². The first-order valence-corrected chi connectivity index (χ1v) is 11.8. The molecule has 3 rings (SSSR count). The number of nitrogens with zero attached hydrogens (tertiary/aromatic N) is 1. The number of esters is 1. The highest BCUT2D eigenvalue weighted by Gasteiger charge is 2.22. The zero-order valence-corrected chi connectivity index (χ0v) is 18.8. The molecule has 2 aromatic rings. The standard InChI is InChI=1S/C23H30N2O4S/c1-16-11-13-25(14-12-16)20-8-6-19(7-9-20)18(3)24-30(27,28)21-10-5-17(2)22(15-21)23(26)29-4/h5-10,15-16,18,24H,11-14H2,1-4H3. The molecule has 1 saturated heterocycles. The fraction of sp³-hybridized carbons (Fsp3) is 0.435. The van der Waals surface area contributed by atoms with Gasteiger partial charge in [-0.2, -0.15) is 0 Å². The van der Waals surface area contributed by atoms with Crippen LogP contribution in [0.1, 0.15) is 54.2 Å². The molecule has 0 spiro atoms. The molecule has 1 unspecified atom stereocenters. The Bertz CT molecular complexity index is 994. The lowest BCUT2D eigenvalue weighted by atomic mass is 9.98. The summed E-state index contributed by atoms with van der Waals surface area (Å²) >= 11 is 0. The lowest BCUT2D eigenvalue weighted by molar-refractivity contribution is 0.0599. The van der Waals surface area contributed by atoms with Crippen LogP contribution in [-0.2, 0) is 14.8 Å². The van der Waals surface area contributed by atoms with Gasteiger partial charge in [-0.25, -0.2) is 17.9 Å². The van der Waals surface area contributed by atoms with Gasteiger partial charge in [0.25, 0.3) is 0 Å². The summed E-state index contributed by atoms with van der Waals surface area (Å²) in [5.74, 6) is 0.219. The highest BCUT2D eigenvalue weighted by atomic mass is 32.2. The molecule has 0 aliphatic carbocycles. The highest BCUT2D eigenvalue weighted by Crippen LogP contribution is 2.25. The van der Waals surface area contributed by atoms with Crippen LogP contribution in [-0.4, -0.2) is 34.6 Å². The second kappa shape index (κ2) is 9.18. The van der Waals surface area contributed by atoms with E-state index < -0.39 is 22.0 Å². The number of piperidine rings is 1. The number of carbonyl (C=O) groups is 1.